The molecule has 0 aromatic heterocycles. The lowest BCUT2D eigenvalue weighted by Gasteiger charge is -2.18. The van der Waals surface area contributed by atoms with E-state index in [4.69, 9.17) is 9.47 Å². The van der Waals surface area contributed by atoms with Crippen molar-refractivity contribution in [3.8, 4) is 5.75 Å². The van der Waals surface area contributed by atoms with E-state index < -0.39 is 36.5 Å². The van der Waals surface area contributed by atoms with Crippen molar-refractivity contribution in [3.63, 3.8) is 0 Å². The van der Waals surface area contributed by atoms with Gasteiger partial charge in [0.05, 0.1) is 7.11 Å². The van der Waals surface area contributed by atoms with Gasteiger partial charge in [0.25, 0.3) is 11.8 Å². The summed E-state index contributed by atoms with van der Waals surface area (Å²) in [6, 6.07) is 13.9. The number of hydrogen-bond acceptors (Lipinski definition) is 6. The number of ether oxygens (including phenoxy) is 2. The minimum Gasteiger partial charge on any atom is -0.497 e. The number of amides is 4. The van der Waals surface area contributed by atoms with Gasteiger partial charge < -0.3 is 20.1 Å². The van der Waals surface area contributed by atoms with Gasteiger partial charge in [-0.3, -0.25) is 19.7 Å². The fourth-order valence-electron chi connectivity index (χ4n) is 2.45. The van der Waals surface area contributed by atoms with Crippen molar-refractivity contribution in [2.24, 2.45) is 0 Å². The van der Waals surface area contributed by atoms with Gasteiger partial charge in [-0.25, -0.2) is 4.79 Å². The van der Waals surface area contributed by atoms with Crippen molar-refractivity contribution in [2.75, 3.05) is 20.2 Å². The monoisotopic (exact) mass is 413 g/mol. The van der Waals surface area contributed by atoms with E-state index in [1.807, 2.05) is 0 Å². The van der Waals surface area contributed by atoms with Gasteiger partial charge in [-0.2, -0.15) is 0 Å². The van der Waals surface area contributed by atoms with Crippen molar-refractivity contribution in [1.82, 2.24) is 16.0 Å². The van der Waals surface area contributed by atoms with E-state index in [1.54, 1.807) is 61.5 Å². The molecule has 0 fully saturated rings. The quantitative estimate of drug-likeness (QED) is 0.565. The topological polar surface area (TPSA) is 123 Å². The normalized spacial score (nSPS) is 11.0. The van der Waals surface area contributed by atoms with Crippen LogP contribution in [-0.2, 0) is 14.3 Å². The molecule has 2 rings (SSSR count). The van der Waals surface area contributed by atoms with Crippen LogP contribution in [0.1, 0.15) is 28.9 Å². The van der Waals surface area contributed by atoms with Crippen LogP contribution in [0, 0.1) is 0 Å². The average Bonchev–Trinajstić information content (AvgIpc) is 2.76. The first kappa shape index (κ1) is 22.4. The zero-order valence-electron chi connectivity index (χ0n) is 16.6. The zero-order chi connectivity index (χ0) is 21.9. The van der Waals surface area contributed by atoms with Crippen molar-refractivity contribution in [1.29, 1.82) is 0 Å². The van der Waals surface area contributed by atoms with Crippen molar-refractivity contribution in [2.45, 2.75) is 13.0 Å². The second-order valence-electron chi connectivity index (χ2n) is 6.04. The molecule has 0 spiro atoms. The molecule has 1 atom stereocenters. The number of rotatable bonds is 8. The van der Waals surface area contributed by atoms with Crippen molar-refractivity contribution < 1.29 is 28.7 Å². The number of esters is 1. The number of benzene rings is 2. The number of hydrogen-bond donors (Lipinski definition) is 3. The molecule has 3 N–H and O–H groups in total. The minimum atomic E-state index is -1.35. The molecular weight excluding hydrogens is 390 g/mol. The van der Waals surface area contributed by atoms with E-state index in [0.717, 1.165) is 0 Å². The Kier molecular flexibility index (Phi) is 8.37. The molecule has 0 heterocycles. The van der Waals surface area contributed by atoms with Crippen LogP contribution in [0.2, 0.25) is 0 Å². The maximum Gasteiger partial charge on any atom is 0.326 e. The molecule has 9 heteroatoms. The molecule has 4 amide bonds. The molecule has 0 aliphatic carbocycles. The van der Waals surface area contributed by atoms with Gasteiger partial charge >= 0.3 is 12.0 Å². The Morgan fingerprint density at radius 2 is 1.60 bits per heavy atom. The van der Waals surface area contributed by atoms with Gasteiger partial charge in [-0.05, 0) is 31.2 Å². The number of carbonyl (C=O) groups is 4. The number of methoxy groups -OCH3 is 1. The van der Waals surface area contributed by atoms with Gasteiger partial charge in [0, 0.05) is 17.7 Å². The van der Waals surface area contributed by atoms with Crippen LogP contribution in [-0.4, -0.2) is 44.0 Å². The van der Waals surface area contributed by atoms with Gasteiger partial charge in [0.15, 0.2) is 0 Å². The fraction of sp³-hybridized carbons (Fsp3) is 0.238. The second kappa shape index (κ2) is 11.2. The predicted octanol–water partition coefficient (Wildman–Crippen LogP) is 1.56. The minimum absolute atomic E-state index is 0.326. The lowest BCUT2D eigenvalue weighted by molar-refractivity contribution is -0.155. The summed E-state index contributed by atoms with van der Waals surface area (Å²) in [5.41, 5.74) is 0.714. The molecule has 30 heavy (non-hydrogen) atoms. The summed E-state index contributed by atoms with van der Waals surface area (Å²) in [5, 5.41) is 6.97. The summed E-state index contributed by atoms with van der Waals surface area (Å²) >= 11 is 0. The van der Waals surface area contributed by atoms with Crippen LogP contribution in [0.5, 0.6) is 5.75 Å². The molecule has 158 valence electrons. The Morgan fingerprint density at radius 3 is 2.20 bits per heavy atom. The summed E-state index contributed by atoms with van der Waals surface area (Å²) in [6.07, 6.45) is -1.35. The first-order valence-corrected chi connectivity index (χ1v) is 9.20. The highest BCUT2D eigenvalue weighted by Crippen LogP contribution is 2.17. The molecular formula is C21H23N3O6. The Labute approximate surface area is 173 Å². The maximum absolute atomic E-state index is 12.4. The Balaban J connectivity index is 2.00. The van der Waals surface area contributed by atoms with E-state index in [-0.39, 0.29) is 0 Å². The summed E-state index contributed by atoms with van der Waals surface area (Å²) in [5.74, 6) is -1.54. The van der Waals surface area contributed by atoms with Crippen LogP contribution in [0.25, 0.3) is 0 Å². The summed E-state index contributed by atoms with van der Waals surface area (Å²) in [4.78, 5) is 48.5. The zero-order valence-corrected chi connectivity index (χ0v) is 16.6. The average molecular weight is 413 g/mol. The molecule has 0 aliphatic heterocycles. The lowest BCUT2D eigenvalue weighted by atomic mass is 10.1. The molecule has 0 aliphatic rings. The second-order valence-corrected chi connectivity index (χ2v) is 6.04. The van der Waals surface area contributed by atoms with E-state index in [1.165, 1.54) is 7.11 Å². The molecule has 0 bridgehead atoms. The standard InChI is InChI=1S/C21H23N3O6/c1-3-22-21(28)24-20(27)18(14-7-5-4-6-8-14)30-17(25)13-23-19(26)15-9-11-16(29-2)12-10-15/h4-12,18H,3,13H2,1-2H3,(H,23,26)(H2,22,24,27,28)/t18-/m0/s1. The van der Waals surface area contributed by atoms with Gasteiger partial charge in [0.2, 0.25) is 6.10 Å². The Bertz CT molecular complexity index is 883. The summed E-state index contributed by atoms with van der Waals surface area (Å²) in [6.45, 7) is 1.57. The molecule has 2 aromatic rings. The van der Waals surface area contributed by atoms with Crippen LogP contribution in [0.15, 0.2) is 54.6 Å². The highest BCUT2D eigenvalue weighted by Gasteiger charge is 2.26. The lowest BCUT2D eigenvalue weighted by Crippen LogP contribution is -2.43. The largest absolute Gasteiger partial charge is 0.497 e. The van der Waals surface area contributed by atoms with Crippen molar-refractivity contribution >= 4 is 23.8 Å². The maximum atomic E-state index is 12.4. The SMILES string of the molecule is CCNC(=O)NC(=O)[C@@H](OC(=O)CNC(=O)c1ccc(OC)cc1)c1ccccc1. The first-order chi connectivity index (χ1) is 14.4. The first-order valence-electron chi connectivity index (χ1n) is 9.20. The van der Waals surface area contributed by atoms with Gasteiger partial charge in [-0.15, -0.1) is 0 Å². The Morgan fingerprint density at radius 1 is 0.933 bits per heavy atom. The third-order valence-electron chi connectivity index (χ3n) is 3.91. The fourth-order valence-corrected chi connectivity index (χ4v) is 2.45. The molecule has 0 radical (unpaired) electrons. The van der Waals surface area contributed by atoms with E-state index in [9.17, 15) is 19.2 Å². The molecule has 0 saturated heterocycles. The van der Waals surface area contributed by atoms with E-state index in [0.29, 0.717) is 23.4 Å². The Hall–Kier alpha value is -3.88. The number of urea groups is 1. The van der Waals surface area contributed by atoms with Gasteiger partial charge in [0.1, 0.15) is 12.3 Å². The summed E-state index contributed by atoms with van der Waals surface area (Å²) < 4.78 is 10.3. The highest BCUT2D eigenvalue weighted by molar-refractivity contribution is 5.98. The third kappa shape index (κ3) is 6.62. The molecule has 2 aromatic carbocycles. The molecule has 0 saturated carbocycles. The third-order valence-corrected chi connectivity index (χ3v) is 3.91. The van der Waals surface area contributed by atoms with Crippen LogP contribution >= 0.6 is 0 Å². The number of imide groups is 1. The number of carbonyl (C=O) groups excluding carboxylic acids is 4. The smallest absolute Gasteiger partial charge is 0.326 e. The highest BCUT2D eigenvalue weighted by atomic mass is 16.5. The van der Waals surface area contributed by atoms with Gasteiger partial charge in [-0.1, -0.05) is 30.3 Å². The van der Waals surface area contributed by atoms with Crippen LogP contribution in [0.3, 0.4) is 0 Å². The predicted molar refractivity (Wildman–Crippen MR) is 108 cm³/mol. The number of nitrogens with one attached hydrogen (secondary N) is 3. The van der Waals surface area contributed by atoms with Crippen LogP contribution in [0.4, 0.5) is 4.79 Å². The molecule has 0 unspecified atom stereocenters. The molecule has 9 nitrogen and oxygen atoms in total. The van der Waals surface area contributed by atoms with Crippen LogP contribution < -0.4 is 20.7 Å². The van der Waals surface area contributed by atoms with E-state index >= 15 is 0 Å². The van der Waals surface area contributed by atoms with E-state index in [2.05, 4.69) is 16.0 Å². The van der Waals surface area contributed by atoms with Crippen molar-refractivity contribution in [3.05, 3.63) is 65.7 Å². The summed E-state index contributed by atoms with van der Waals surface area (Å²) in [7, 11) is 1.51.